The number of phenols is 1. The van der Waals surface area contributed by atoms with Gasteiger partial charge in [0.25, 0.3) is 5.91 Å². The maximum absolute atomic E-state index is 14.8. The number of hydrogen-bond acceptors (Lipinski definition) is 21. The molecule has 0 bridgehead atoms. The zero-order chi connectivity index (χ0) is 66.6. The van der Waals surface area contributed by atoms with E-state index >= 15 is 0 Å². The molecule has 3 aliphatic rings. The van der Waals surface area contributed by atoms with Gasteiger partial charge in [0.1, 0.15) is 52.6 Å². The molecule has 8 amide bonds. The molecule has 28 nitrogen and oxygen atoms in total. The summed E-state index contributed by atoms with van der Waals surface area (Å²) in [5, 5.41) is 92.0. The normalized spacial score (nSPS) is 24.9. The number of primary amides is 1. The number of rotatable bonds is 19. The molecular weight excluding hydrogens is 1210 g/mol. The number of benzene rings is 3. The van der Waals surface area contributed by atoms with E-state index in [4.69, 9.17) is 19.9 Å². The van der Waals surface area contributed by atoms with Crippen molar-refractivity contribution in [2.75, 3.05) is 32.8 Å². The summed E-state index contributed by atoms with van der Waals surface area (Å²) in [5.41, 5.74) is 6.24. The lowest BCUT2D eigenvalue weighted by molar-refractivity contribution is -0.157. The van der Waals surface area contributed by atoms with Gasteiger partial charge in [-0.15, -0.1) is 11.3 Å². The predicted molar refractivity (Wildman–Crippen MR) is 326 cm³/mol. The number of nitrogens with one attached hydrogen (secondary N) is 5. The van der Waals surface area contributed by atoms with Gasteiger partial charge in [-0.3, -0.25) is 38.4 Å². The van der Waals surface area contributed by atoms with Crippen LogP contribution in [0.2, 0.25) is 0 Å². The van der Waals surface area contributed by atoms with Gasteiger partial charge in [-0.25, -0.2) is 9.78 Å². The number of fused-ring (bicyclic) bond motifs is 2. The fourth-order valence-electron chi connectivity index (χ4n) is 10.7. The quantitative estimate of drug-likeness (QED) is 0.0408. The zero-order valence-corrected chi connectivity index (χ0v) is 52.1. The van der Waals surface area contributed by atoms with Gasteiger partial charge in [-0.05, 0) is 93.8 Å². The summed E-state index contributed by atoms with van der Waals surface area (Å²) in [6.45, 7) is 7.82. The smallest absolute Gasteiger partial charge is 0.344 e. The van der Waals surface area contributed by atoms with E-state index in [0.29, 0.717) is 12.2 Å². The number of hydrogen-bond donors (Lipinski definition) is 13. The molecule has 3 aliphatic heterocycles. The van der Waals surface area contributed by atoms with Gasteiger partial charge in [0.2, 0.25) is 41.4 Å². The average Bonchev–Trinajstić information content (AvgIpc) is 1.80. The van der Waals surface area contributed by atoms with E-state index in [1.54, 1.807) is 39.1 Å². The summed E-state index contributed by atoms with van der Waals surface area (Å²) < 4.78 is 16.6. The maximum atomic E-state index is 14.8. The number of β-amino-alcohol motifs (C(OH)–C–C–N with tert-alkyl or cyclic N) is 1. The van der Waals surface area contributed by atoms with Crippen LogP contribution in [0.15, 0.2) is 72.9 Å². The number of aromatic hydroxyl groups is 1. The Labute approximate surface area is 528 Å². The van der Waals surface area contributed by atoms with E-state index in [1.807, 2.05) is 24.3 Å². The summed E-state index contributed by atoms with van der Waals surface area (Å²) in [4.78, 5) is 133. The highest BCUT2D eigenvalue weighted by atomic mass is 32.1. The molecule has 91 heavy (non-hydrogen) atoms. The largest absolute Gasteiger partial charge is 0.504 e. The minimum atomic E-state index is -2.22. The second-order valence-electron chi connectivity index (χ2n) is 24.0. The van der Waals surface area contributed by atoms with Crippen LogP contribution >= 0.6 is 11.3 Å². The van der Waals surface area contributed by atoms with E-state index in [-0.39, 0.29) is 16.9 Å². The molecule has 3 fully saturated rings. The van der Waals surface area contributed by atoms with Crippen LogP contribution in [0.1, 0.15) is 96.0 Å². The van der Waals surface area contributed by atoms with Crippen LogP contribution in [0.3, 0.4) is 0 Å². The molecule has 0 aliphatic carbocycles. The van der Waals surface area contributed by atoms with Crippen LogP contribution in [0.4, 0.5) is 0 Å². The second kappa shape index (κ2) is 31.1. The Hall–Kier alpha value is -8.32. The standard InChI is InChI=1S/C62H81N9O19S/c1-7-8-9-20-88-39-17-15-36(16-18-39)59-65-27-46(91-59)34-11-13-35(14-12-34)54(81)66-40-23-37(73)26-64-58(85)52-53(80)31(2)28-71(52)61(87)51(44(77)25-47(63)78)69-57(84)50(43(76)21-33-10-19-42(75)45(22-33)89-30-48(79)90-62(4,5)6)68-56(83)41-24-38(74)29-70(41)60(86)49(32(3)72)67-55(40)82/h10-19,22,27,31-32,37-38,40-41,43-44,49-53,72-77,80H,7-9,20-21,23-26,28-30H2,1-6H3,(H2,63,78)(H,64,85)(H,66,81)(H,67,82)(H,68,83)(H,69,84)/t31-,32+,37+,38+,40?,41-,43+,44+,49-,50-,51-,52-,53-/m0/s1. The summed E-state index contributed by atoms with van der Waals surface area (Å²) in [7, 11) is 0. The molecule has 14 N–H and O–H groups in total. The molecule has 1 unspecified atom stereocenters. The van der Waals surface area contributed by atoms with Crippen molar-refractivity contribution in [3.8, 4) is 38.3 Å². The van der Waals surface area contributed by atoms with Crippen LogP contribution in [0, 0.1) is 5.92 Å². The van der Waals surface area contributed by atoms with E-state index < -0.39 is 195 Å². The topological polar surface area (TPSA) is 428 Å². The molecule has 3 aromatic carbocycles. The van der Waals surface area contributed by atoms with Crippen molar-refractivity contribution < 1.29 is 93.1 Å². The Morgan fingerprint density at radius 3 is 2.10 bits per heavy atom. The van der Waals surface area contributed by atoms with E-state index in [0.717, 1.165) is 63.3 Å². The number of thiazole rings is 1. The van der Waals surface area contributed by atoms with Crippen LogP contribution < -0.4 is 41.8 Å². The van der Waals surface area contributed by atoms with Crippen molar-refractivity contribution in [2.45, 2.75) is 165 Å². The Morgan fingerprint density at radius 1 is 0.780 bits per heavy atom. The van der Waals surface area contributed by atoms with E-state index in [9.17, 15) is 78.9 Å². The van der Waals surface area contributed by atoms with Crippen LogP contribution in [-0.2, 0) is 49.5 Å². The van der Waals surface area contributed by atoms with Crippen molar-refractivity contribution in [3.05, 3.63) is 84.1 Å². The van der Waals surface area contributed by atoms with Crippen molar-refractivity contribution in [1.29, 1.82) is 0 Å². The fraction of sp³-hybridized carbons (Fsp3) is 0.516. The number of amides is 8. The third kappa shape index (κ3) is 18.7. The number of aromatic nitrogens is 1. The molecule has 1 aromatic heterocycles. The van der Waals surface area contributed by atoms with Crippen molar-refractivity contribution in [2.24, 2.45) is 11.7 Å². The van der Waals surface area contributed by atoms with Gasteiger partial charge < -0.3 is 92.1 Å². The van der Waals surface area contributed by atoms with Gasteiger partial charge in [-0.1, -0.05) is 44.9 Å². The number of aliphatic hydroxyl groups is 6. The number of unbranched alkanes of at least 4 members (excludes halogenated alkanes) is 2. The first-order valence-corrected chi connectivity index (χ1v) is 30.8. The minimum Gasteiger partial charge on any atom is -0.504 e. The van der Waals surface area contributed by atoms with Crippen molar-refractivity contribution in [3.63, 3.8) is 0 Å². The van der Waals surface area contributed by atoms with Crippen LogP contribution in [0.25, 0.3) is 21.0 Å². The molecule has 494 valence electrons. The number of nitrogens with two attached hydrogens (primary N) is 1. The number of nitrogens with zero attached hydrogens (tertiary/aromatic N) is 3. The Kier molecular flexibility index (Phi) is 24.0. The predicted octanol–water partition coefficient (Wildman–Crippen LogP) is -0.704. The Balaban J connectivity index is 1.19. The third-order valence-corrected chi connectivity index (χ3v) is 16.5. The first-order chi connectivity index (χ1) is 43.0. The zero-order valence-electron chi connectivity index (χ0n) is 51.3. The van der Waals surface area contributed by atoms with Gasteiger partial charge in [-0.2, -0.15) is 0 Å². The molecule has 4 heterocycles. The first-order valence-electron chi connectivity index (χ1n) is 30.0. The number of carbonyl (C=O) groups excluding carboxylic acids is 9. The lowest BCUT2D eigenvalue weighted by Gasteiger charge is -2.33. The van der Waals surface area contributed by atoms with Crippen LogP contribution in [-0.4, -0.2) is 215 Å². The molecule has 3 saturated heterocycles. The van der Waals surface area contributed by atoms with Crippen molar-refractivity contribution >= 4 is 64.6 Å². The molecule has 29 heteroatoms. The number of aliphatic hydroxyl groups excluding tert-OH is 6. The monoisotopic (exact) mass is 1290 g/mol. The molecule has 0 saturated carbocycles. The lowest BCUT2D eigenvalue weighted by Crippen LogP contribution is -2.64. The highest BCUT2D eigenvalue weighted by Crippen LogP contribution is 2.34. The van der Waals surface area contributed by atoms with Crippen LogP contribution in [0.5, 0.6) is 17.2 Å². The van der Waals surface area contributed by atoms with Gasteiger partial charge >= 0.3 is 5.97 Å². The molecule has 7 rings (SSSR count). The number of carbonyl (C=O) groups is 9. The highest BCUT2D eigenvalue weighted by Gasteiger charge is 2.50. The summed E-state index contributed by atoms with van der Waals surface area (Å²) in [6.07, 6.45) is -8.79. The second-order valence-corrected chi connectivity index (χ2v) is 25.1. The number of esters is 1. The Bertz CT molecular complexity index is 3250. The number of phenolic OH excluding ortho intramolecular Hbond substituents is 1. The Morgan fingerprint density at radius 2 is 1.44 bits per heavy atom. The maximum Gasteiger partial charge on any atom is 0.344 e. The highest BCUT2D eigenvalue weighted by molar-refractivity contribution is 7.18. The third-order valence-electron chi connectivity index (χ3n) is 15.4. The van der Waals surface area contributed by atoms with E-state index in [1.165, 1.54) is 42.5 Å². The summed E-state index contributed by atoms with van der Waals surface area (Å²) in [5.74, 6) is -11.0. The molecule has 13 atom stereocenters. The van der Waals surface area contributed by atoms with Gasteiger partial charge in [0.15, 0.2) is 18.1 Å². The molecule has 0 radical (unpaired) electrons. The average molecular weight is 1290 g/mol. The van der Waals surface area contributed by atoms with Crippen molar-refractivity contribution in [1.82, 2.24) is 41.4 Å². The molecule has 0 spiro atoms. The minimum absolute atomic E-state index is 0.0332. The van der Waals surface area contributed by atoms with Gasteiger partial charge in [0, 0.05) is 62.1 Å². The number of ether oxygens (including phenoxy) is 3. The van der Waals surface area contributed by atoms with Gasteiger partial charge in [0.05, 0.1) is 54.5 Å². The fourth-order valence-corrected chi connectivity index (χ4v) is 11.6. The lowest BCUT2D eigenvalue weighted by atomic mass is 9.98. The SMILES string of the molecule is CCCCCOc1ccc(-c2ncc(-c3ccc(C(=O)NC4C[C@@H](O)CNC(=O)[C@@H]5[C@@H](O)[C@@H](C)CN5C(=O)[C@H]([C@H](O)CC(N)=O)NC(=O)[C@H]([C@H](O)Cc5ccc(O)c(OCC(=O)OC(C)(C)C)c5)NC(=O)[C@@H]5C[C@@H](O)CN5C(=O)[C@H]([C@@H](C)O)NC4=O)cc3)s2)cc1. The molecule has 4 aromatic rings. The summed E-state index contributed by atoms with van der Waals surface area (Å²) in [6, 6.07) is 5.79. The molecular formula is C62H81N9O19S. The summed E-state index contributed by atoms with van der Waals surface area (Å²) >= 11 is 1.40. The van der Waals surface area contributed by atoms with E-state index in [2.05, 4.69) is 38.5 Å². The first kappa shape index (κ1) is 70.1.